The molecule has 206 valence electrons. The van der Waals surface area contributed by atoms with Gasteiger partial charge in [-0.25, -0.2) is 0 Å². The van der Waals surface area contributed by atoms with Crippen molar-refractivity contribution in [1.29, 1.82) is 0 Å². The van der Waals surface area contributed by atoms with Gasteiger partial charge in [-0.2, -0.15) is 0 Å². The minimum Gasteiger partial charge on any atom is -0.508 e. The number of carbonyl (C=O) groups is 2. The van der Waals surface area contributed by atoms with Gasteiger partial charge in [-0.3, -0.25) is 9.59 Å². The molecule has 0 aliphatic heterocycles. The van der Waals surface area contributed by atoms with Crippen LogP contribution in [0.25, 0.3) is 10.8 Å². The predicted molar refractivity (Wildman–Crippen MR) is 156 cm³/mol. The third kappa shape index (κ3) is 6.26. The van der Waals surface area contributed by atoms with Gasteiger partial charge >= 0.3 is 0 Å². The van der Waals surface area contributed by atoms with Crippen LogP contribution in [0.1, 0.15) is 54.0 Å². The first-order chi connectivity index (χ1) is 19.2. The third-order valence-electron chi connectivity index (χ3n) is 7.16. The standard InChI is InChI=1S/C31H32N4O5/c1-19(5-4-14-36)26-10-7-22(15-20(26)2)29(33-24-8-6-21-12-13-32-30(38)27(21)17-24)31(39)35(3)18-23-16-25(34-40)9-11-28(23)37/h6-17,19,29,33,37H,4-5,18H2,1-3H3,(H,32,38)/t19-,29?/m0/s1. The number of aromatic hydroxyl groups is 1. The number of phenolic OH excluding ortho intramolecular Hbond substituents is 1. The van der Waals surface area contributed by atoms with Gasteiger partial charge in [0, 0.05) is 42.8 Å². The number of carbonyl (C=O) groups excluding carboxylic acids is 2. The quantitative estimate of drug-likeness (QED) is 0.162. The normalized spacial score (nSPS) is 12.5. The Morgan fingerprint density at radius 2 is 1.93 bits per heavy atom. The summed E-state index contributed by atoms with van der Waals surface area (Å²) in [6.07, 6.45) is 3.72. The fourth-order valence-corrected chi connectivity index (χ4v) is 4.94. The Morgan fingerprint density at radius 1 is 1.12 bits per heavy atom. The number of amides is 1. The minimum absolute atomic E-state index is 0.0450. The number of benzene rings is 3. The number of aryl methyl sites for hydroxylation is 1. The van der Waals surface area contributed by atoms with Gasteiger partial charge < -0.3 is 25.1 Å². The van der Waals surface area contributed by atoms with E-state index < -0.39 is 6.04 Å². The second-order valence-electron chi connectivity index (χ2n) is 10.0. The average molecular weight is 541 g/mol. The van der Waals surface area contributed by atoms with Crippen LogP contribution < -0.4 is 10.9 Å². The zero-order valence-corrected chi connectivity index (χ0v) is 22.7. The molecule has 0 radical (unpaired) electrons. The number of aromatic amines is 1. The lowest BCUT2D eigenvalue weighted by Crippen LogP contribution is -2.35. The molecule has 1 heterocycles. The molecule has 0 bridgehead atoms. The van der Waals surface area contributed by atoms with E-state index in [-0.39, 0.29) is 35.4 Å². The highest BCUT2D eigenvalue weighted by molar-refractivity contribution is 5.89. The largest absolute Gasteiger partial charge is 0.508 e. The molecule has 0 saturated heterocycles. The Kier molecular flexibility index (Phi) is 8.73. The number of hydrogen-bond donors (Lipinski definition) is 3. The molecule has 0 aliphatic rings. The van der Waals surface area contributed by atoms with Crippen molar-refractivity contribution in [2.24, 2.45) is 5.18 Å². The Bertz CT molecular complexity index is 1610. The summed E-state index contributed by atoms with van der Waals surface area (Å²) >= 11 is 0. The molecular formula is C31H32N4O5. The Hall–Kier alpha value is -4.79. The SMILES string of the molecule is Cc1cc(C(Nc2ccc3cc[nH]c(=O)c3c2)C(=O)N(C)Cc2cc(N=O)ccc2O)ccc1[C@@H](C)CCC=O. The van der Waals surface area contributed by atoms with E-state index in [0.29, 0.717) is 23.1 Å². The first-order valence-electron chi connectivity index (χ1n) is 13.0. The lowest BCUT2D eigenvalue weighted by atomic mass is 9.90. The second-order valence-corrected chi connectivity index (χ2v) is 10.0. The van der Waals surface area contributed by atoms with E-state index in [0.717, 1.165) is 34.8 Å². The number of nitroso groups, excluding NO2 is 1. The number of phenols is 1. The maximum atomic E-state index is 13.9. The first kappa shape index (κ1) is 28.2. The van der Waals surface area contributed by atoms with Gasteiger partial charge in [0.25, 0.3) is 5.56 Å². The summed E-state index contributed by atoms with van der Waals surface area (Å²) in [5.41, 5.74) is 3.72. The van der Waals surface area contributed by atoms with Gasteiger partial charge in [-0.05, 0) is 82.9 Å². The number of hydrogen-bond acceptors (Lipinski definition) is 7. The number of nitrogens with one attached hydrogen (secondary N) is 2. The highest BCUT2D eigenvalue weighted by Gasteiger charge is 2.26. The summed E-state index contributed by atoms with van der Waals surface area (Å²) in [6, 6.07) is 16.4. The van der Waals surface area contributed by atoms with Crippen LogP contribution in [-0.2, 0) is 16.1 Å². The fourth-order valence-electron chi connectivity index (χ4n) is 4.94. The lowest BCUT2D eigenvalue weighted by molar-refractivity contribution is -0.131. The van der Waals surface area contributed by atoms with Gasteiger partial charge in [0.1, 0.15) is 23.8 Å². The molecule has 1 amide bonds. The third-order valence-corrected chi connectivity index (χ3v) is 7.16. The van der Waals surface area contributed by atoms with Gasteiger partial charge in [0.2, 0.25) is 5.91 Å². The molecule has 4 rings (SSSR count). The maximum Gasteiger partial charge on any atom is 0.255 e. The molecule has 40 heavy (non-hydrogen) atoms. The molecule has 9 heteroatoms. The summed E-state index contributed by atoms with van der Waals surface area (Å²) in [6.45, 7) is 4.10. The zero-order chi connectivity index (χ0) is 28.8. The van der Waals surface area contributed by atoms with Gasteiger partial charge in [-0.15, -0.1) is 4.91 Å². The summed E-state index contributed by atoms with van der Waals surface area (Å²) in [5, 5.41) is 17.8. The van der Waals surface area contributed by atoms with Gasteiger partial charge in [0.15, 0.2) is 0 Å². The average Bonchev–Trinajstić information content (AvgIpc) is 2.95. The van der Waals surface area contributed by atoms with E-state index in [1.807, 2.05) is 37.3 Å². The van der Waals surface area contributed by atoms with Crippen molar-refractivity contribution in [2.75, 3.05) is 12.4 Å². The van der Waals surface area contributed by atoms with Crippen LogP contribution in [0.5, 0.6) is 5.75 Å². The van der Waals surface area contributed by atoms with Crippen molar-refractivity contribution >= 4 is 34.3 Å². The molecule has 1 unspecified atom stereocenters. The van der Waals surface area contributed by atoms with Crippen molar-refractivity contribution in [1.82, 2.24) is 9.88 Å². The number of anilines is 1. The van der Waals surface area contributed by atoms with Crippen molar-refractivity contribution in [3.63, 3.8) is 0 Å². The summed E-state index contributed by atoms with van der Waals surface area (Å²) in [7, 11) is 1.62. The van der Waals surface area contributed by atoms with Crippen LogP contribution in [0.2, 0.25) is 0 Å². The highest BCUT2D eigenvalue weighted by atomic mass is 16.3. The lowest BCUT2D eigenvalue weighted by Gasteiger charge is -2.27. The molecule has 0 spiro atoms. The smallest absolute Gasteiger partial charge is 0.255 e. The first-order valence-corrected chi connectivity index (χ1v) is 13.0. The molecule has 0 fully saturated rings. The Morgan fingerprint density at radius 3 is 2.65 bits per heavy atom. The minimum atomic E-state index is -0.821. The number of nitrogens with zero attached hydrogens (tertiary/aromatic N) is 2. The fraction of sp³-hybridized carbons (Fsp3) is 0.258. The van der Waals surface area contributed by atoms with Crippen molar-refractivity contribution in [3.8, 4) is 5.75 Å². The summed E-state index contributed by atoms with van der Waals surface area (Å²) < 4.78 is 0. The second kappa shape index (κ2) is 12.4. The van der Waals surface area contributed by atoms with E-state index in [2.05, 4.69) is 22.4 Å². The Labute approximate surface area is 231 Å². The van der Waals surface area contributed by atoms with Crippen LogP contribution >= 0.6 is 0 Å². The molecule has 3 aromatic carbocycles. The van der Waals surface area contributed by atoms with Crippen LogP contribution in [-0.4, -0.2) is 34.2 Å². The van der Waals surface area contributed by atoms with Crippen molar-refractivity contribution < 1.29 is 14.7 Å². The maximum absolute atomic E-state index is 13.9. The van der Waals surface area contributed by atoms with Crippen molar-refractivity contribution in [2.45, 2.75) is 45.2 Å². The Balaban J connectivity index is 1.70. The van der Waals surface area contributed by atoms with Gasteiger partial charge in [-0.1, -0.05) is 31.2 Å². The van der Waals surface area contributed by atoms with E-state index in [4.69, 9.17) is 0 Å². The zero-order valence-electron chi connectivity index (χ0n) is 22.7. The van der Waals surface area contributed by atoms with E-state index >= 15 is 0 Å². The number of pyridine rings is 1. The highest BCUT2D eigenvalue weighted by Crippen LogP contribution is 2.30. The molecule has 2 atom stereocenters. The van der Waals surface area contributed by atoms with Gasteiger partial charge in [0.05, 0.1) is 0 Å². The number of fused-ring (bicyclic) bond motifs is 1. The van der Waals surface area contributed by atoms with E-state index in [1.54, 1.807) is 25.4 Å². The van der Waals surface area contributed by atoms with Crippen LogP contribution in [0.15, 0.2) is 76.8 Å². The van der Waals surface area contributed by atoms with Crippen LogP contribution in [0.4, 0.5) is 11.4 Å². The van der Waals surface area contributed by atoms with Crippen LogP contribution in [0.3, 0.4) is 0 Å². The summed E-state index contributed by atoms with van der Waals surface area (Å²) in [4.78, 5) is 52.3. The molecule has 3 N–H and O–H groups in total. The molecule has 0 aliphatic carbocycles. The number of aromatic nitrogens is 1. The number of likely N-dealkylation sites (N-methyl/N-ethyl adjacent to an activating group) is 1. The van der Waals surface area contributed by atoms with Crippen LogP contribution in [0, 0.1) is 11.8 Å². The topological polar surface area (TPSA) is 132 Å². The molecular weight excluding hydrogens is 508 g/mol. The van der Waals surface area contributed by atoms with E-state index in [1.165, 1.54) is 23.1 Å². The van der Waals surface area contributed by atoms with E-state index in [9.17, 15) is 24.4 Å². The molecule has 1 aromatic heterocycles. The predicted octanol–water partition coefficient (Wildman–Crippen LogP) is 5.83. The number of rotatable bonds is 11. The molecule has 4 aromatic rings. The molecule has 9 nitrogen and oxygen atoms in total. The van der Waals surface area contributed by atoms with Crippen molar-refractivity contribution in [3.05, 3.63) is 104 Å². The number of aldehydes is 1. The number of H-pyrrole nitrogens is 1. The summed E-state index contributed by atoms with van der Waals surface area (Å²) in [5.74, 6) is -0.153. The molecule has 0 saturated carbocycles. The monoisotopic (exact) mass is 540 g/mol.